The summed E-state index contributed by atoms with van der Waals surface area (Å²) in [5.41, 5.74) is 4.86. The smallest absolute Gasteiger partial charge is 0.0973 e. The molecule has 3 atom stereocenters. The first-order chi connectivity index (χ1) is 7.04. The van der Waals surface area contributed by atoms with Crippen LogP contribution >= 0.6 is 0 Å². The van der Waals surface area contributed by atoms with Crippen LogP contribution in [-0.4, -0.2) is 30.5 Å². The van der Waals surface area contributed by atoms with Gasteiger partial charge in [0.2, 0.25) is 0 Å². The number of methoxy groups -OCH3 is 1. The summed E-state index contributed by atoms with van der Waals surface area (Å²) >= 11 is 0. The Morgan fingerprint density at radius 2 is 2.20 bits per heavy atom. The molecule has 1 saturated carbocycles. The van der Waals surface area contributed by atoms with Crippen molar-refractivity contribution in [1.29, 1.82) is 0 Å². The van der Waals surface area contributed by atoms with Crippen LogP contribution in [-0.2, 0) is 4.74 Å². The highest BCUT2D eigenvalue weighted by atomic mass is 16.5. The predicted octanol–water partition coefficient (Wildman–Crippen LogP) is 1.68. The Labute approximate surface area is 93.0 Å². The van der Waals surface area contributed by atoms with Crippen LogP contribution in [0.5, 0.6) is 0 Å². The van der Waals surface area contributed by atoms with Crippen LogP contribution in [0.15, 0.2) is 0 Å². The largest absolute Gasteiger partial charge is 0.387 e. The summed E-state index contributed by atoms with van der Waals surface area (Å²) in [7, 11) is 1.69. The minimum absolute atomic E-state index is 0.0558. The predicted molar refractivity (Wildman–Crippen MR) is 61.7 cm³/mol. The van der Waals surface area contributed by atoms with E-state index in [1.54, 1.807) is 7.11 Å². The second-order valence-electron chi connectivity index (χ2n) is 5.01. The Morgan fingerprint density at radius 3 is 2.67 bits per heavy atom. The maximum atomic E-state index is 10.8. The molecule has 3 nitrogen and oxygen atoms in total. The first-order valence-electron chi connectivity index (χ1n) is 5.99. The van der Waals surface area contributed by atoms with Crippen molar-refractivity contribution in [3.63, 3.8) is 0 Å². The minimum atomic E-state index is -0.747. The molecule has 90 valence electrons. The van der Waals surface area contributed by atoms with E-state index in [0.717, 1.165) is 32.1 Å². The lowest BCUT2D eigenvalue weighted by Gasteiger charge is -2.50. The third kappa shape index (κ3) is 2.05. The number of ether oxygens (including phenoxy) is 1. The third-order valence-electron chi connectivity index (χ3n) is 4.37. The lowest BCUT2D eigenvalue weighted by Crippen LogP contribution is -2.59. The van der Waals surface area contributed by atoms with E-state index in [1.165, 1.54) is 0 Å². The van der Waals surface area contributed by atoms with Gasteiger partial charge in [-0.2, -0.15) is 0 Å². The summed E-state index contributed by atoms with van der Waals surface area (Å²) in [6.07, 6.45) is 4.81. The zero-order chi connectivity index (χ0) is 11.5. The van der Waals surface area contributed by atoms with E-state index in [9.17, 15) is 5.11 Å². The molecule has 0 aromatic carbocycles. The fourth-order valence-corrected chi connectivity index (χ4v) is 2.75. The molecule has 0 radical (unpaired) electrons. The molecule has 0 heterocycles. The zero-order valence-electron chi connectivity index (χ0n) is 10.3. The third-order valence-corrected chi connectivity index (χ3v) is 4.37. The van der Waals surface area contributed by atoms with Crippen molar-refractivity contribution in [3.05, 3.63) is 0 Å². The topological polar surface area (TPSA) is 55.5 Å². The molecule has 0 saturated heterocycles. The Hall–Kier alpha value is -0.120. The molecule has 1 fully saturated rings. The molecule has 1 rings (SSSR count). The molecule has 0 aliphatic heterocycles. The van der Waals surface area contributed by atoms with E-state index in [-0.39, 0.29) is 11.5 Å². The average Bonchev–Trinajstić information content (AvgIpc) is 2.28. The molecule has 0 bridgehead atoms. The summed E-state index contributed by atoms with van der Waals surface area (Å²) in [5.74, 6) is 0. The fraction of sp³-hybridized carbons (Fsp3) is 1.00. The average molecular weight is 215 g/mol. The van der Waals surface area contributed by atoms with Gasteiger partial charge >= 0.3 is 0 Å². The molecule has 1 aliphatic rings. The van der Waals surface area contributed by atoms with E-state index < -0.39 is 5.60 Å². The highest BCUT2D eigenvalue weighted by Crippen LogP contribution is 2.45. The number of hydrogen-bond acceptors (Lipinski definition) is 3. The highest BCUT2D eigenvalue weighted by Gasteiger charge is 2.51. The summed E-state index contributed by atoms with van der Waals surface area (Å²) < 4.78 is 5.45. The van der Waals surface area contributed by atoms with Crippen LogP contribution in [0.25, 0.3) is 0 Å². The molecule has 0 aromatic heterocycles. The molecule has 0 amide bonds. The van der Waals surface area contributed by atoms with Crippen LogP contribution in [0.1, 0.15) is 46.0 Å². The fourth-order valence-electron chi connectivity index (χ4n) is 2.75. The first kappa shape index (κ1) is 12.9. The molecular formula is C12H25NO2. The summed E-state index contributed by atoms with van der Waals surface area (Å²) in [6.45, 7) is 4.68. The van der Waals surface area contributed by atoms with Crippen LogP contribution in [0.4, 0.5) is 0 Å². The number of nitrogens with two attached hydrogens (primary N) is 1. The molecule has 3 heteroatoms. The standard InChI is InChI=1S/C12H25NO2/c1-4-11(2,9-13)12(14)8-6-5-7-10(12)15-3/h10,14H,4-9,13H2,1-3H3. The van der Waals surface area contributed by atoms with E-state index in [0.29, 0.717) is 6.54 Å². The SMILES string of the molecule is CCC(C)(CN)C1(O)CCCCC1OC. The van der Waals surface area contributed by atoms with Crippen molar-refractivity contribution >= 4 is 0 Å². The molecular weight excluding hydrogens is 190 g/mol. The monoisotopic (exact) mass is 215 g/mol. The van der Waals surface area contributed by atoms with E-state index in [1.807, 2.05) is 0 Å². The maximum Gasteiger partial charge on any atom is 0.0973 e. The Morgan fingerprint density at radius 1 is 1.53 bits per heavy atom. The summed E-state index contributed by atoms with van der Waals surface area (Å²) in [6, 6.07) is 0. The van der Waals surface area contributed by atoms with Gasteiger partial charge < -0.3 is 15.6 Å². The van der Waals surface area contributed by atoms with Crippen molar-refractivity contribution in [1.82, 2.24) is 0 Å². The lowest BCUT2D eigenvalue weighted by atomic mass is 9.63. The van der Waals surface area contributed by atoms with Crippen molar-refractivity contribution in [2.45, 2.75) is 57.7 Å². The van der Waals surface area contributed by atoms with Crippen molar-refractivity contribution in [2.24, 2.45) is 11.1 Å². The maximum absolute atomic E-state index is 10.8. The zero-order valence-corrected chi connectivity index (χ0v) is 10.3. The first-order valence-corrected chi connectivity index (χ1v) is 5.99. The van der Waals surface area contributed by atoms with Gasteiger partial charge in [-0.15, -0.1) is 0 Å². The van der Waals surface area contributed by atoms with Gasteiger partial charge in [-0.1, -0.05) is 26.7 Å². The van der Waals surface area contributed by atoms with Gasteiger partial charge in [-0.3, -0.25) is 0 Å². The molecule has 15 heavy (non-hydrogen) atoms. The Bertz CT molecular complexity index is 204. The number of rotatable bonds is 4. The normalized spacial score (nSPS) is 36.2. The van der Waals surface area contributed by atoms with E-state index >= 15 is 0 Å². The molecule has 3 N–H and O–H groups in total. The van der Waals surface area contributed by atoms with Crippen molar-refractivity contribution in [3.8, 4) is 0 Å². The second-order valence-corrected chi connectivity index (χ2v) is 5.01. The van der Waals surface area contributed by atoms with E-state index in [2.05, 4.69) is 13.8 Å². The van der Waals surface area contributed by atoms with Crippen LogP contribution < -0.4 is 5.73 Å². The van der Waals surface area contributed by atoms with Crippen molar-refractivity contribution < 1.29 is 9.84 Å². The van der Waals surface area contributed by atoms with E-state index in [4.69, 9.17) is 10.5 Å². The number of hydrogen-bond donors (Lipinski definition) is 2. The highest BCUT2D eigenvalue weighted by molar-refractivity contribution is 5.03. The van der Waals surface area contributed by atoms with Gasteiger partial charge in [0.15, 0.2) is 0 Å². The van der Waals surface area contributed by atoms with Crippen LogP contribution in [0, 0.1) is 5.41 Å². The van der Waals surface area contributed by atoms with Gasteiger partial charge in [-0.05, 0) is 19.3 Å². The van der Waals surface area contributed by atoms with Gasteiger partial charge in [-0.25, -0.2) is 0 Å². The Kier molecular flexibility index (Phi) is 4.15. The van der Waals surface area contributed by atoms with Crippen LogP contribution in [0.2, 0.25) is 0 Å². The molecule has 0 aromatic rings. The Balaban J connectivity index is 2.93. The van der Waals surface area contributed by atoms with Crippen molar-refractivity contribution in [2.75, 3.05) is 13.7 Å². The quantitative estimate of drug-likeness (QED) is 0.750. The molecule has 0 spiro atoms. The number of aliphatic hydroxyl groups is 1. The van der Waals surface area contributed by atoms with Gasteiger partial charge in [0.1, 0.15) is 0 Å². The molecule has 1 aliphatic carbocycles. The van der Waals surface area contributed by atoms with Gasteiger partial charge in [0, 0.05) is 19.1 Å². The van der Waals surface area contributed by atoms with Crippen LogP contribution in [0.3, 0.4) is 0 Å². The van der Waals surface area contributed by atoms with Gasteiger partial charge in [0.25, 0.3) is 0 Å². The summed E-state index contributed by atoms with van der Waals surface area (Å²) in [5, 5.41) is 10.8. The van der Waals surface area contributed by atoms with Gasteiger partial charge in [0.05, 0.1) is 11.7 Å². The lowest BCUT2D eigenvalue weighted by molar-refractivity contribution is -0.181. The second kappa shape index (κ2) is 4.81. The minimum Gasteiger partial charge on any atom is -0.387 e. The molecule has 3 unspecified atom stereocenters. The summed E-state index contributed by atoms with van der Waals surface area (Å²) in [4.78, 5) is 0.